The number of alkyl carbamates (subject to hydrolysis) is 3. The van der Waals surface area contributed by atoms with Gasteiger partial charge in [0.05, 0.1) is 42.2 Å². The maximum atomic E-state index is 14.0. The topological polar surface area (TPSA) is 376 Å². The molecule has 4 aliphatic rings. The van der Waals surface area contributed by atoms with E-state index in [1.165, 1.54) is 43.1 Å². The van der Waals surface area contributed by atoms with Gasteiger partial charge in [0.1, 0.15) is 70.9 Å². The molecule has 9 N–H and O–H groups in total. The van der Waals surface area contributed by atoms with Gasteiger partial charge in [-0.15, -0.1) is 0 Å². The number of hydrogen-bond acceptors (Lipinski definition) is 22. The zero-order valence-corrected chi connectivity index (χ0v) is 49.7. The van der Waals surface area contributed by atoms with Gasteiger partial charge in [0, 0.05) is 44.9 Å². The summed E-state index contributed by atoms with van der Waals surface area (Å²) in [6, 6.07) is 0.139. The first-order chi connectivity index (χ1) is 38.3. The van der Waals surface area contributed by atoms with E-state index in [2.05, 4.69) is 26.6 Å². The van der Waals surface area contributed by atoms with Gasteiger partial charge < -0.3 is 99.4 Å². The van der Waals surface area contributed by atoms with Crippen molar-refractivity contribution >= 4 is 42.1 Å². The summed E-state index contributed by atoms with van der Waals surface area (Å²) < 4.78 is 52.8. The van der Waals surface area contributed by atoms with Crippen molar-refractivity contribution in [3.63, 3.8) is 0 Å². The van der Waals surface area contributed by atoms with Crippen LogP contribution in [0.15, 0.2) is 36.1 Å². The molecule has 6 amide bonds. The number of likely N-dealkylation sites (tertiary alicyclic amines) is 1. The minimum absolute atomic E-state index is 0.146. The number of carbonyl (C=O) groups is 6. The lowest BCUT2D eigenvalue weighted by Crippen LogP contribution is -2.71. The quantitative estimate of drug-likeness (QED) is 0.0579. The third kappa shape index (κ3) is 20.7. The standard InChI is InChI=1S/C54H86N8O21/c1-50(2,3)80-46(68)55-22-21-36(63)42(66)58-34-23-35(59-47(69)81-51(4,5)6)40(37(64)39(34)79-44-38(65)41(54(13,72)28-76-44)60(14)48(70)82-52(7,8)9)78-43-33(57-30-25-61(26-30)49(71)83-53(10,11)12)20-19-32(77-43)24-56-45(67)75-27-29-15-17-31(18-16-29)62(73)74/h15-19,30,33-41,43-44,57,63-65,72H,20-28H2,1-14H3,(H,55,68)(H,56,67)(H,58,66)(H,59,69)/t33-,34-,35+,36+,37-,38-,39+,40-,41-,43-,44-,54+/m1/s1. The third-order valence-corrected chi connectivity index (χ3v) is 13.0. The molecular weight excluding hydrogens is 1100 g/mol. The Hall–Kier alpha value is -6.34. The van der Waals surface area contributed by atoms with Gasteiger partial charge in [-0.1, -0.05) is 0 Å². The Morgan fingerprint density at radius 1 is 0.783 bits per heavy atom. The molecule has 2 saturated heterocycles. The van der Waals surface area contributed by atoms with Crippen molar-refractivity contribution in [2.75, 3.05) is 39.8 Å². The molecular formula is C54H86N8O21. The number of amides is 6. The second-order valence-corrected chi connectivity index (χ2v) is 25.2. The van der Waals surface area contributed by atoms with Crippen molar-refractivity contribution in [3.05, 3.63) is 51.8 Å². The molecule has 1 aromatic carbocycles. The highest BCUT2D eigenvalue weighted by atomic mass is 16.7. The SMILES string of the molecule is CN(C(=O)OC(C)(C)C)[C@@H]1[C@@H](O)[C@@H](O[C@@H]2[C@@H](O)[C@H](O[C@H]3OC(CNC(=O)OCc4ccc([N+](=O)[O-])cc4)=CC[C@H]3NC3CN(C(=O)OC(C)(C)C)C3)[C@@H](NC(=O)OC(C)(C)C)C[C@H]2NC(=O)[C@@H](O)CCNC(=O)OC(C)(C)C)OC[C@]1(C)O. The summed E-state index contributed by atoms with van der Waals surface area (Å²) in [5.41, 5.74) is -5.21. The van der Waals surface area contributed by atoms with E-state index in [1.807, 2.05) is 0 Å². The molecule has 3 aliphatic heterocycles. The minimum Gasteiger partial charge on any atom is -0.466 e. The zero-order valence-electron chi connectivity index (χ0n) is 49.7. The van der Waals surface area contributed by atoms with Crippen molar-refractivity contribution in [2.24, 2.45) is 0 Å². The molecule has 0 bridgehead atoms. The van der Waals surface area contributed by atoms with Crippen molar-refractivity contribution in [1.82, 2.24) is 36.4 Å². The fourth-order valence-electron chi connectivity index (χ4n) is 9.27. The van der Waals surface area contributed by atoms with Crippen LogP contribution in [-0.2, 0) is 54.0 Å². The third-order valence-electron chi connectivity index (χ3n) is 13.0. The lowest BCUT2D eigenvalue weighted by atomic mass is 9.82. The van der Waals surface area contributed by atoms with E-state index >= 15 is 0 Å². The highest BCUT2D eigenvalue weighted by molar-refractivity contribution is 5.81. The Labute approximate surface area is 482 Å². The number of nitrogens with zero attached hydrogens (tertiary/aromatic N) is 3. The Morgan fingerprint density at radius 2 is 1.35 bits per heavy atom. The average Bonchev–Trinajstić information content (AvgIpc) is 3.44. The van der Waals surface area contributed by atoms with E-state index in [0.717, 1.165) is 4.90 Å². The number of nitro groups is 1. The summed E-state index contributed by atoms with van der Waals surface area (Å²) in [5.74, 6) is -0.854. The molecule has 0 radical (unpaired) electrons. The van der Waals surface area contributed by atoms with Crippen LogP contribution < -0.4 is 26.6 Å². The molecule has 3 heterocycles. The highest BCUT2D eigenvalue weighted by Crippen LogP contribution is 2.35. The van der Waals surface area contributed by atoms with E-state index in [9.17, 15) is 59.3 Å². The lowest BCUT2D eigenvalue weighted by molar-refractivity contribution is -0.384. The number of ether oxygens (including phenoxy) is 9. The second kappa shape index (κ2) is 27.6. The fraction of sp³-hybridized carbons (Fsp3) is 0.741. The maximum Gasteiger partial charge on any atom is 0.410 e. The van der Waals surface area contributed by atoms with Gasteiger partial charge >= 0.3 is 30.5 Å². The van der Waals surface area contributed by atoms with E-state index in [-0.39, 0.29) is 69.5 Å². The van der Waals surface area contributed by atoms with Gasteiger partial charge in [-0.3, -0.25) is 14.9 Å². The number of aliphatic hydroxyl groups is 4. The van der Waals surface area contributed by atoms with Crippen LogP contribution in [0.3, 0.4) is 0 Å². The van der Waals surface area contributed by atoms with Crippen LogP contribution in [0.5, 0.6) is 0 Å². The molecule has 0 spiro atoms. The van der Waals surface area contributed by atoms with Crippen molar-refractivity contribution in [3.8, 4) is 0 Å². The number of likely N-dealkylation sites (N-methyl/N-ethyl adjacent to an activating group) is 1. The molecule has 0 aromatic heterocycles. The Kier molecular flexibility index (Phi) is 22.4. The molecule has 5 rings (SSSR count). The van der Waals surface area contributed by atoms with Crippen LogP contribution in [0.25, 0.3) is 0 Å². The second-order valence-electron chi connectivity index (χ2n) is 25.2. The zero-order chi connectivity index (χ0) is 62.2. The average molecular weight is 1180 g/mol. The van der Waals surface area contributed by atoms with Crippen LogP contribution >= 0.6 is 0 Å². The molecule has 29 nitrogen and oxygen atoms in total. The molecule has 1 aromatic rings. The summed E-state index contributed by atoms with van der Waals surface area (Å²) in [7, 11) is 1.30. The van der Waals surface area contributed by atoms with Gasteiger partial charge in [0.25, 0.3) is 5.69 Å². The van der Waals surface area contributed by atoms with Crippen molar-refractivity contribution in [2.45, 2.75) is 217 Å². The van der Waals surface area contributed by atoms with E-state index in [1.54, 1.807) is 89.2 Å². The molecule has 3 fully saturated rings. The number of benzene rings is 1. The number of nitro benzene ring substituents is 1. The van der Waals surface area contributed by atoms with Crippen LogP contribution in [0.4, 0.5) is 29.7 Å². The van der Waals surface area contributed by atoms with Crippen LogP contribution in [0.1, 0.15) is 115 Å². The number of non-ortho nitro benzene ring substituents is 1. The lowest BCUT2D eigenvalue weighted by Gasteiger charge is -2.51. The van der Waals surface area contributed by atoms with Gasteiger partial charge in [0.2, 0.25) is 12.2 Å². The Bertz CT molecular complexity index is 2450. The smallest absolute Gasteiger partial charge is 0.410 e. The van der Waals surface area contributed by atoms with Gasteiger partial charge in [0.15, 0.2) is 6.29 Å². The van der Waals surface area contributed by atoms with E-state index < -0.39 is 143 Å². The van der Waals surface area contributed by atoms with Crippen LogP contribution in [0.2, 0.25) is 0 Å². The number of hydrogen-bond donors (Lipinski definition) is 9. The first-order valence-electron chi connectivity index (χ1n) is 27.4. The summed E-state index contributed by atoms with van der Waals surface area (Å²) >= 11 is 0. The van der Waals surface area contributed by atoms with Gasteiger partial charge in [-0.2, -0.15) is 0 Å². The summed E-state index contributed by atoms with van der Waals surface area (Å²) in [5, 5.41) is 72.6. The molecule has 468 valence electrons. The van der Waals surface area contributed by atoms with Crippen molar-refractivity contribution in [1.29, 1.82) is 0 Å². The summed E-state index contributed by atoms with van der Waals surface area (Å²) in [6.07, 6.45) is -15.0. The van der Waals surface area contributed by atoms with Crippen LogP contribution in [-0.4, -0.2) is 213 Å². The minimum atomic E-state index is -1.95. The van der Waals surface area contributed by atoms with E-state index in [0.29, 0.717) is 5.56 Å². The Morgan fingerprint density at radius 3 is 1.93 bits per heavy atom. The summed E-state index contributed by atoms with van der Waals surface area (Å²) in [6.45, 7) is 20.4. The van der Waals surface area contributed by atoms with Gasteiger partial charge in [-0.05, 0) is 133 Å². The molecule has 1 saturated carbocycles. The van der Waals surface area contributed by atoms with Crippen LogP contribution in [0, 0.1) is 10.1 Å². The van der Waals surface area contributed by atoms with E-state index in [4.69, 9.17) is 42.6 Å². The predicted molar refractivity (Wildman–Crippen MR) is 292 cm³/mol. The molecule has 0 unspecified atom stereocenters. The molecule has 29 heteroatoms. The largest absolute Gasteiger partial charge is 0.466 e. The predicted octanol–water partition coefficient (Wildman–Crippen LogP) is 2.92. The highest BCUT2D eigenvalue weighted by Gasteiger charge is 2.55. The molecule has 12 atom stereocenters. The normalized spacial score (nSPS) is 27.2. The van der Waals surface area contributed by atoms with Crippen molar-refractivity contribution < 1.29 is 96.7 Å². The monoisotopic (exact) mass is 1180 g/mol. The number of rotatable bonds is 18. The maximum absolute atomic E-state index is 14.0. The first kappa shape index (κ1) is 67.5. The number of nitrogens with one attached hydrogen (secondary N) is 5. The fourth-order valence-corrected chi connectivity index (χ4v) is 9.27. The Balaban J connectivity index is 1.48. The summed E-state index contributed by atoms with van der Waals surface area (Å²) in [4.78, 5) is 92.5. The molecule has 1 aliphatic carbocycles. The number of carbonyl (C=O) groups excluding carboxylic acids is 6. The van der Waals surface area contributed by atoms with Gasteiger partial charge in [-0.25, -0.2) is 24.0 Å². The number of aliphatic hydroxyl groups excluding tert-OH is 3. The first-order valence-corrected chi connectivity index (χ1v) is 27.4. The molecule has 83 heavy (non-hydrogen) atoms.